The number of benzene rings is 1. The highest BCUT2D eigenvalue weighted by atomic mass is 32.2. The normalized spacial score (nSPS) is 23.5. The number of nitrogens with zero attached hydrogens (tertiary/aromatic N) is 2. The maximum Gasteiger partial charge on any atom is 0.257 e. The minimum Gasteiger partial charge on any atom is -0.497 e. The lowest BCUT2D eigenvalue weighted by Gasteiger charge is -2.24. The maximum atomic E-state index is 12.8. The third-order valence-corrected chi connectivity index (χ3v) is 6.50. The maximum absolute atomic E-state index is 12.8. The minimum atomic E-state index is -0.167. The molecule has 3 heterocycles. The summed E-state index contributed by atoms with van der Waals surface area (Å²) in [5.74, 6) is 1.59. The Balaban J connectivity index is 1.66. The summed E-state index contributed by atoms with van der Waals surface area (Å²) in [7, 11) is 1.62. The second-order valence-electron chi connectivity index (χ2n) is 5.32. The first-order chi connectivity index (χ1) is 11.2. The van der Waals surface area contributed by atoms with Gasteiger partial charge in [-0.3, -0.25) is 9.69 Å². The number of thiophene rings is 1. The summed E-state index contributed by atoms with van der Waals surface area (Å²) in [6, 6.07) is 9.38. The van der Waals surface area contributed by atoms with Gasteiger partial charge in [-0.1, -0.05) is 0 Å². The monoisotopic (exact) mass is 362 g/mol. The smallest absolute Gasteiger partial charge is 0.257 e. The molecule has 0 aliphatic carbocycles. The van der Waals surface area contributed by atoms with E-state index in [-0.39, 0.29) is 17.3 Å². The van der Waals surface area contributed by atoms with Crippen molar-refractivity contribution in [2.24, 2.45) is 0 Å². The van der Waals surface area contributed by atoms with Crippen molar-refractivity contribution in [3.05, 3.63) is 46.7 Å². The van der Waals surface area contributed by atoms with Crippen LogP contribution in [0.2, 0.25) is 0 Å². The van der Waals surface area contributed by atoms with E-state index in [0.29, 0.717) is 5.11 Å². The van der Waals surface area contributed by atoms with Crippen molar-refractivity contribution in [2.75, 3.05) is 17.8 Å². The molecule has 7 heteroatoms. The number of thiocarbonyl (C=S) groups is 1. The Morgan fingerprint density at radius 1 is 1.26 bits per heavy atom. The lowest BCUT2D eigenvalue weighted by Crippen LogP contribution is -2.33. The van der Waals surface area contributed by atoms with Gasteiger partial charge in [0, 0.05) is 5.75 Å². The van der Waals surface area contributed by atoms with Crippen LogP contribution in [0.15, 0.2) is 41.1 Å². The minimum absolute atomic E-state index is 0.0606. The van der Waals surface area contributed by atoms with Crippen molar-refractivity contribution >= 4 is 52.0 Å². The van der Waals surface area contributed by atoms with Gasteiger partial charge < -0.3 is 9.64 Å². The highest BCUT2D eigenvalue weighted by molar-refractivity contribution is 7.99. The predicted molar refractivity (Wildman–Crippen MR) is 98.2 cm³/mol. The van der Waals surface area contributed by atoms with Crippen LogP contribution in [0, 0.1) is 0 Å². The summed E-state index contributed by atoms with van der Waals surface area (Å²) < 4.78 is 5.18. The van der Waals surface area contributed by atoms with Crippen LogP contribution in [0.5, 0.6) is 5.75 Å². The van der Waals surface area contributed by atoms with Gasteiger partial charge >= 0.3 is 0 Å². The molecular weight excluding hydrogens is 348 g/mol. The van der Waals surface area contributed by atoms with E-state index < -0.39 is 0 Å². The summed E-state index contributed by atoms with van der Waals surface area (Å²) in [6.45, 7) is 0. The van der Waals surface area contributed by atoms with Gasteiger partial charge in [0.1, 0.15) is 17.2 Å². The van der Waals surface area contributed by atoms with Crippen LogP contribution in [0.4, 0.5) is 5.69 Å². The first-order valence-corrected chi connectivity index (χ1v) is 9.54. The molecule has 2 atom stereocenters. The molecule has 2 aromatic rings. The number of rotatable bonds is 3. The van der Waals surface area contributed by atoms with Gasteiger partial charge in [-0.2, -0.15) is 11.3 Å². The molecule has 1 unspecified atom stereocenters. The lowest BCUT2D eigenvalue weighted by molar-refractivity contribution is -0.119. The summed E-state index contributed by atoms with van der Waals surface area (Å²) in [6.07, 6.45) is 0. The zero-order valence-electron chi connectivity index (χ0n) is 12.3. The molecule has 1 aromatic carbocycles. The molecule has 2 aliphatic heterocycles. The topological polar surface area (TPSA) is 32.8 Å². The number of hydrogen-bond acceptors (Lipinski definition) is 5. The second-order valence-corrected chi connectivity index (χ2v) is 7.58. The number of thioether (sulfide) groups is 1. The van der Waals surface area contributed by atoms with Crippen molar-refractivity contribution in [2.45, 2.75) is 11.4 Å². The van der Waals surface area contributed by atoms with Gasteiger partial charge in [0.2, 0.25) is 0 Å². The van der Waals surface area contributed by atoms with E-state index in [1.54, 1.807) is 35.1 Å². The Bertz CT molecular complexity index is 745. The molecule has 2 aliphatic rings. The largest absolute Gasteiger partial charge is 0.497 e. The molecule has 0 N–H and O–H groups in total. The van der Waals surface area contributed by atoms with Crippen LogP contribution in [0.1, 0.15) is 10.9 Å². The number of carbonyl (C=O) groups is 1. The van der Waals surface area contributed by atoms with Crippen LogP contribution < -0.4 is 9.64 Å². The van der Waals surface area contributed by atoms with Gasteiger partial charge in [-0.15, -0.1) is 11.8 Å². The third-order valence-electron chi connectivity index (χ3n) is 4.08. The molecular formula is C16H14N2O2S3. The molecule has 23 heavy (non-hydrogen) atoms. The van der Waals surface area contributed by atoms with Gasteiger partial charge in [0.05, 0.1) is 12.8 Å². The molecule has 2 fully saturated rings. The molecule has 0 saturated carbocycles. The fraction of sp³-hybridized carbons (Fsp3) is 0.250. The van der Waals surface area contributed by atoms with Crippen molar-refractivity contribution in [3.8, 4) is 5.75 Å². The first kappa shape index (κ1) is 15.0. The molecule has 4 rings (SSSR count). The van der Waals surface area contributed by atoms with Crippen molar-refractivity contribution < 1.29 is 9.53 Å². The highest BCUT2D eigenvalue weighted by Gasteiger charge is 2.50. The van der Waals surface area contributed by atoms with Crippen LogP contribution in [-0.2, 0) is 4.79 Å². The number of amides is 1. The molecule has 1 amide bonds. The Morgan fingerprint density at radius 3 is 2.70 bits per heavy atom. The van der Waals surface area contributed by atoms with Crippen LogP contribution >= 0.6 is 35.3 Å². The molecule has 0 radical (unpaired) electrons. The van der Waals surface area contributed by atoms with Crippen LogP contribution in [0.25, 0.3) is 0 Å². The highest BCUT2D eigenvalue weighted by Crippen LogP contribution is 2.46. The molecule has 1 aromatic heterocycles. The summed E-state index contributed by atoms with van der Waals surface area (Å²) >= 11 is 9.09. The number of methoxy groups -OCH3 is 1. The first-order valence-electron chi connectivity index (χ1n) is 7.14. The van der Waals surface area contributed by atoms with E-state index in [1.165, 1.54) is 5.56 Å². The summed E-state index contributed by atoms with van der Waals surface area (Å²) in [4.78, 5) is 16.6. The third kappa shape index (κ3) is 2.34. The van der Waals surface area contributed by atoms with E-state index in [4.69, 9.17) is 17.0 Å². The van der Waals surface area contributed by atoms with E-state index in [1.807, 2.05) is 24.3 Å². The predicted octanol–water partition coefficient (Wildman–Crippen LogP) is 3.50. The quantitative estimate of drug-likeness (QED) is 0.781. The molecule has 2 saturated heterocycles. The van der Waals surface area contributed by atoms with Gasteiger partial charge in [-0.25, -0.2) is 0 Å². The Kier molecular flexibility index (Phi) is 3.79. The summed E-state index contributed by atoms with van der Waals surface area (Å²) in [5, 5.41) is 4.91. The zero-order chi connectivity index (χ0) is 16.0. The molecule has 0 bridgehead atoms. The van der Waals surface area contributed by atoms with Crippen molar-refractivity contribution in [3.63, 3.8) is 0 Å². The average molecular weight is 363 g/mol. The molecule has 0 spiro atoms. The van der Waals surface area contributed by atoms with Crippen LogP contribution in [0.3, 0.4) is 0 Å². The fourth-order valence-corrected chi connectivity index (χ4v) is 5.60. The summed E-state index contributed by atoms with van der Waals surface area (Å²) in [5.41, 5.74) is 2.01. The SMILES string of the molecule is COc1ccc(N2C(=O)[C@@H]3CSC(c4ccsc4)N3C2=S)cc1. The van der Waals surface area contributed by atoms with Crippen molar-refractivity contribution in [1.82, 2.24) is 4.90 Å². The number of fused-ring (bicyclic) bond motifs is 1. The van der Waals surface area contributed by atoms with E-state index in [2.05, 4.69) is 21.7 Å². The van der Waals surface area contributed by atoms with E-state index >= 15 is 0 Å². The van der Waals surface area contributed by atoms with E-state index in [0.717, 1.165) is 17.2 Å². The Hall–Kier alpha value is -1.57. The fourth-order valence-electron chi connectivity index (χ4n) is 2.93. The number of anilines is 1. The van der Waals surface area contributed by atoms with Crippen LogP contribution in [-0.4, -0.2) is 34.8 Å². The van der Waals surface area contributed by atoms with Gasteiger partial charge in [-0.05, 0) is 58.9 Å². The number of carbonyl (C=O) groups excluding carboxylic acids is 1. The second kappa shape index (κ2) is 5.81. The standard InChI is InChI=1S/C16H14N2O2S3/c1-20-12-4-2-11(3-5-12)17-14(19)13-9-23-15(18(13)16(17)21)10-6-7-22-8-10/h2-8,13,15H,9H2,1H3/t13-,15?/m0/s1. The van der Waals surface area contributed by atoms with Crippen molar-refractivity contribution in [1.29, 1.82) is 0 Å². The molecule has 4 nitrogen and oxygen atoms in total. The molecule has 118 valence electrons. The lowest BCUT2D eigenvalue weighted by atomic mass is 10.2. The average Bonchev–Trinajstić information content (AvgIpc) is 3.28. The van der Waals surface area contributed by atoms with E-state index in [9.17, 15) is 4.79 Å². The van der Waals surface area contributed by atoms with Gasteiger partial charge in [0.25, 0.3) is 5.91 Å². The Labute approximate surface area is 148 Å². The number of hydrogen-bond donors (Lipinski definition) is 0. The Morgan fingerprint density at radius 2 is 2.04 bits per heavy atom. The van der Waals surface area contributed by atoms with Gasteiger partial charge in [0.15, 0.2) is 5.11 Å². The zero-order valence-corrected chi connectivity index (χ0v) is 14.8. The number of ether oxygens (including phenoxy) is 1.